The van der Waals surface area contributed by atoms with Gasteiger partial charge in [0.05, 0.1) is 6.04 Å². The molecule has 1 N–H and O–H groups in total. The Morgan fingerprint density at radius 2 is 2.05 bits per heavy atom. The Morgan fingerprint density at radius 1 is 1.19 bits per heavy atom. The third-order valence-corrected chi connectivity index (χ3v) is 5.74. The van der Waals surface area contributed by atoms with Crippen molar-refractivity contribution in [2.45, 2.75) is 26.3 Å². The van der Waals surface area contributed by atoms with Crippen LogP contribution in [0.15, 0.2) is 35.7 Å². The van der Waals surface area contributed by atoms with Crippen LogP contribution in [0.3, 0.4) is 0 Å². The first-order chi connectivity index (χ1) is 10.2. The summed E-state index contributed by atoms with van der Waals surface area (Å²) in [5, 5.41) is 5.73. The molecule has 3 aromatic rings. The second-order valence-corrected chi connectivity index (χ2v) is 7.25. The maximum atomic E-state index is 13.4. The van der Waals surface area contributed by atoms with Gasteiger partial charge in [0, 0.05) is 14.3 Å². The Hall–Kier alpha value is -1.23. The lowest BCUT2D eigenvalue weighted by Gasteiger charge is -2.20. The van der Waals surface area contributed by atoms with Gasteiger partial charge in [-0.15, -0.1) is 22.7 Å². The molecule has 21 heavy (non-hydrogen) atoms. The fourth-order valence-corrected chi connectivity index (χ4v) is 4.76. The SMILES string of the molecule is CCCNC(c1cc2sccc2s1)c1ccc(F)cc1C. The Labute approximate surface area is 132 Å². The maximum Gasteiger partial charge on any atom is 0.123 e. The lowest BCUT2D eigenvalue weighted by atomic mass is 9.99. The van der Waals surface area contributed by atoms with Crippen LogP contribution >= 0.6 is 22.7 Å². The average molecular weight is 319 g/mol. The maximum absolute atomic E-state index is 13.4. The van der Waals surface area contributed by atoms with Crippen molar-refractivity contribution in [2.75, 3.05) is 6.54 Å². The average Bonchev–Trinajstić information content (AvgIpc) is 3.02. The summed E-state index contributed by atoms with van der Waals surface area (Å²) >= 11 is 3.60. The van der Waals surface area contributed by atoms with E-state index < -0.39 is 0 Å². The number of hydrogen-bond acceptors (Lipinski definition) is 3. The third kappa shape index (κ3) is 3.03. The number of fused-ring (bicyclic) bond motifs is 1. The van der Waals surface area contributed by atoms with Gasteiger partial charge in [0.1, 0.15) is 5.82 Å². The second-order valence-electron chi connectivity index (χ2n) is 5.19. The van der Waals surface area contributed by atoms with Crippen molar-refractivity contribution >= 4 is 32.1 Å². The fourth-order valence-electron chi connectivity index (χ4n) is 2.54. The first-order valence-electron chi connectivity index (χ1n) is 7.15. The van der Waals surface area contributed by atoms with Gasteiger partial charge in [-0.1, -0.05) is 13.0 Å². The zero-order valence-corrected chi connectivity index (χ0v) is 13.8. The highest BCUT2D eigenvalue weighted by Gasteiger charge is 2.18. The van der Waals surface area contributed by atoms with Crippen molar-refractivity contribution < 1.29 is 4.39 Å². The normalized spacial score (nSPS) is 12.9. The van der Waals surface area contributed by atoms with E-state index in [-0.39, 0.29) is 11.9 Å². The van der Waals surface area contributed by atoms with E-state index in [1.807, 2.05) is 24.3 Å². The molecule has 0 radical (unpaired) electrons. The number of aryl methyl sites for hydroxylation is 1. The molecule has 0 amide bonds. The van der Waals surface area contributed by atoms with Crippen LogP contribution in [0.1, 0.15) is 35.4 Å². The summed E-state index contributed by atoms with van der Waals surface area (Å²) in [6.45, 7) is 5.09. The van der Waals surface area contributed by atoms with Crippen LogP contribution < -0.4 is 5.32 Å². The zero-order chi connectivity index (χ0) is 14.8. The minimum atomic E-state index is -0.169. The molecule has 0 fully saturated rings. The summed E-state index contributed by atoms with van der Waals surface area (Å²) in [7, 11) is 0. The van der Waals surface area contributed by atoms with Crippen molar-refractivity contribution in [1.29, 1.82) is 0 Å². The largest absolute Gasteiger partial charge is 0.306 e. The summed E-state index contributed by atoms with van der Waals surface area (Å²) in [5.74, 6) is -0.169. The number of hydrogen-bond donors (Lipinski definition) is 1. The molecule has 0 spiro atoms. The lowest BCUT2D eigenvalue weighted by molar-refractivity contribution is 0.596. The molecular formula is C17H18FNS2. The Bertz CT molecular complexity index is 716. The molecule has 1 nitrogen and oxygen atoms in total. The second kappa shape index (κ2) is 6.26. The predicted octanol–water partition coefficient (Wildman–Crippen LogP) is 5.50. The van der Waals surface area contributed by atoms with Gasteiger partial charge >= 0.3 is 0 Å². The highest BCUT2D eigenvalue weighted by Crippen LogP contribution is 2.36. The van der Waals surface area contributed by atoms with Crippen LogP contribution in [0, 0.1) is 12.7 Å². The molecule has 0 aliphatic carbocycles. The van der Waals surface area contributed by atoms with Crippen molar-refractivity contribution in [3.8, 4) is 0 Å². The van der Waals surface area contributed by atoms with Crippen molar-refractivity contribution in [1.82, 2.24) is 5.32 Å². The van der Waals surface area contributed by atoms with Crippen LogP contribution in [0.25, 0.3) is 9.40 Å². The topological polar surface area (TPSA) is 12.0 Å². The first-order valence-corrected chi connectivity index (χ1v) is 8.85. The predicted molar refractivity (Wildman–Crippen MR) is 91.0 cm³/mol. The van der Waals surface area contributed by atoms with Crippen LogP contribution in [0.2, 0.25) is 0 Å². The van der Waals surface area contributed by atoms with Crippen LogP contribution in [0.5, 0.6) is 0 Å². The molecule has 4 heteroatoms. The molecule has 0 aliphatic heterocycles. The monoisotopic (exact) mass is 319 g/mol. The Kier molecular flexibility index (Phi) is 4.38. The molecule has 2 aromatic heterocycles. The fraction of sp³-hybridized carbons (Fsp3) is 0.294. The van der Waals surface area contributed by atoms with Crippen molar-refractivity contribution in [2.24, 2.45) is 0 Å². The van der Waals surface area contributed by atoms with Gasteiger partial charge < -0.3 is 5.32 Å². The molecule has 2 heterocycles. The van der Waals surface area contributed by atoms with E-state index in [0.717, 1.165) is 18.5 Å². The molecule has 0 bridgehead atoms. The highest BCUT2D eigenvalue weighted by atomic mass is 32.1. The van der Waals surface area contributed by atoms with E-state index in [2.05, 4.69) is 29.8 Å². The smallest absolute Gasteiger partial charge is 0.123 e. The van der Waals surface area contributed by atoms with Gasteiger partial charge in [-0.25, -0.2) is 4.39 Å². The van der Waals surface area contributed by atoms with Gasteiger partial charge in [-0.05, 0) is 60.7 Å². The van der Waals surface area contributed by atoms with E-state index in [4.69, 9.17) is 0 Å². The van der Waals surface area contributed by atoms with Gasteiger partial charge in [-0.2, -0.15) is 0 Å². The number of nitrogens with one attached hydrogen (secondary N) is 1. The van der Waals surface area contributed by atoms with Crippen LogP contribution in [-0.2, 0) is 0 Å². The van der Waals surface area contributed by atoms with E-state index in [9.17, 15) is 4.39 Å². The lowest BCUT2D eigenvalue weighted by Crippen LogP contribution is -2.23. The Balaban J connectivity index is 2.02. The van der Waals surface area contributed by atoms with Gasteiger partial charge in [0.2, 0.25) is 0 Å². The summed E-state index contributed by atoms with van der Waals surface area (Å²) in [6.07, 6.45) is 1.08. The molecule has 3 rings (SSSR count). The highest BCUT2D eigenvalue weighted by molar-refractivity contribution is 7.27. The summed E-state index contributed by atoms with van der Waals surface area (Å²) < 4.78 is 16.0. The minimum absolute atomic E-state index is 0.148. The van der Waals surface area contributed by atoms with Crippen molar-refractivity contribution in [3.63, 3.8) is 0 Å². The van der Waals surface area contributed by atoms with E-state index in [1.165, 1.54) is 19.8 Å². The van der Waals surface area contributed by atoms with Crippen molar-refractivity contribution in [3.05, 3.63) is 57.5 Å². The van der Waals surface area contributed by atoms with Gasteiger partial charge in [-0.3, -0.25) is 0 Å². The summed E-state index contributed by atoms with van der Waals surface area (Å²) in [5.41, 5.74) is 2.17. The molecular weight excluding hydrogens is 301 g/mol. The van der Waals surface area contributed by atoms with Gasteiger partial charge in [0.15, 0.2) is 0 Å². The van der Waals surface area contributed by atoms with E-state index in [1.54, 1.807) is 23.5 Å². The molecule has 1 unspecified atom stereocenters. The standard InChI is InChI=1S/C17H18FNS2/c1-3-7-19-17(13-5-4-12(18)9-11(13)2)16-10-15-14(21-16)6-8-20-15/h4-6,8-10,17,19H,3,7H2,1-2H3. The third-order valence-electron chi connectivity index (χ3n) is 3.58. The summed E-state index contributed by atoms with van der Waals surface area (Å²) in [4.78, 5) is 1.31. The number of rotatable bonds is 5. The molecule has 110 valence electrons. The van der Waals surface area contributed by atoms with Crippen LogP contribution in [-0.4, -0.2) is 6.54 Å². The van der Waals surface area contributed by atoms with E-state index in [0.29, 0.717) is 0 Å². The molecule has 1 atom stereocenters. The molecule has 0 saturated heterocycles. The van der Waals surface area contributed by atoms with Crippen LogP contribution in [0.4, 0.5) is 4.39 Å². The number of halogens is 1. The minimum Gasteiger partial charge on any atom is -0.306 e. The number of thiophene rings is 2. The molecule has 0 aliphatic rings. The molecule has 1 aromatic carbocycles. The quantitative estimate of drug-likeness (QED) is 0.655. The molecule has 0 saturated carbocycles. The zero-order valence-electron chi connectivity index (χ0n) is 12.2. The summed E-state index contributed by atoms with van der Waals surface area (Å²) in [6, 6.07) is 9.66. The Morgan fingerprint density at radius 3 is 2.76 bits per heavy atom. The van der Waals surface area contributed by atoms with E-state index >= 15 is 0 Å². The first kappa shape index (κ1) is 14.7. The van der Waals surface area contributed by atoms with Gasteiger partial charge in [0.25, 0.3) is 0 Å². The number of benzene rings is 1.